The average molecular weight is 380 g/mol. The quantitative estimate of drug-likeness (QED) is 0.658. The van der Waals surface area contributed by atoms with Crippen LogP contribution in [-0.4, -0.2) is 5.78 Å². The fourth-order valence-corrected chi connectivity index (χ4v) is 3.30. The average Bonchev–Trinajstić information content (AvgIpc) is 2.68. The van der Waals surface area contributed by atoms with Gasteiger partial charge in [0.1, 0.15) is 0 Å². The molecule has 0 N–H and O–H groups in total. The van der Waals surface area contributed by atoms with Crippen LogP contribution >= 0.6 is 54.8 Å². The van der Waals surface area contributed by atoms with Crippen LogP contribution < -0.4 is 0 Å². The van der Waals surface area contributed by atoms with Gasteiger partial charge in [-0.05, 0) is 44.0 Å². The van der Waals surface area contributed by atoms with Crippen LogP contribution in [0.25, 0.3) is 0 Å². The van der Waals surface area contributed by atoms with Gasteiger partial charge in [-0.2, -0.15) is 11.3 Å². The van der Waals surface area contributed by atoms with E-state index in [1.807, 2.05) is 16.8 Å². The van der Waals surface area contributed by atoms with Crippen molar-refractivity contribution in [2.45, 2.75) is 0 Å². The maximum Gasteiger partial charge on any atom is 0.196 e. The Morgan fingerprint density at radius 2 is 1.88 bits per heavy atom. The summed E-state index contributed by atoms with van der Waals surface area (Å²) in [5, 5.41) is 4.13. The van der Waals surface area contributed by atoms with E-state index in [2.05, 4.69) is 31.9 Å². The summed E-state index contributed by atoms with van der Waals surface area (Å²) in [5.41, 5.74) is 1.15. The van der Waals surface area contributed by atoms with Crippen molar-refractivity contribution in [3.05, 3.63) is 54.1 Å². The first-order valence-electron chi connectivity index (χ1n) is 4.31. The number of halogens is 3. The third-order valence-corrected chi connectivity index (χ3v) is 5.05. The van der Waals surface area contributed by atoms with Crippen LogP contribution in [-0.2, 0) is 0 Å². The van der Waals surface area contributed by atoms with Gasteiger partial charge in [-0.1, -0.05) is 17.7 Å². The minimum Gasteiger partial charge on any atom is -0.288 e. The lowest BCUT2D eigenvalue weighted by Crippen LogP contribution is -2.01. The molecule has 0 atom stereocenters. The lowest BCUT2D eigenvalue weighted by atomic mass is 10.1. The van der Waals surface area contributed by atoms with Gasteiger partial charge in [-0.3, -0.25) is 4.79 Å². The van der Waals surface area contributed by atoms with Crippen LogP contribution in [0.4, 0.5) is 0 Å². The lowest BCUT2D eigenvalue weighted by Gasteiger charge is -2.04. The van der Waals surface area contributed by atoms with Crippen molar-refractivity contribution in [1.29, 1.82) is 0 Å². The van der Waals surface area contributed by atoms with Gasteiger partial charge >= 0.3 is 0 Å². The monoisotopic (exact) mass is 378 g/mol. The van der Waals surface area contributed by atoms with Crippen molar-refractivity contribution in [3.63, 3.8) is 0 Å². The largest absolute Gasteiger partial charge is 0.288 e. The van der Waals surface area contributed by atoms with Gasteiger partial charge in [0.05, 0.1) is 5.02 Å². The minimum absolute atomic E-state index is 0.0700. The van der Waals surface area contributed by atoms with Crippen molar-refractivity contribution >= 4 is 60.6 Å². The van der Waals surface area contributed by atoms with Gasteiger partial charge in [0, 0.05) is 30.8 Å². The minimum atomic E-state index is -0.0700. The molecule has 0 saturated heterocycles. The summed E-state index contributed by atoms with van der Waals surface area (Å²) >= 11 is 14.2. The molecule has 0 aliphatic heterocycles. The van der Waals surface area contributed by atoms with E-state index < -0.39 is 0 Å². The SMILES string of the molecule is O=C(c1cscc1Br)c1cccc(Br)c1Cl. The zero-order valence-corrected chi connectivity index (χ0v) is 12.6. The Morgan fingerprint density at radius 1 is 1.12 bits per heavy atom. The molecule has 0 unspecified atom stereocenters. The van der Waals surface area contributed by atoms with E-state index in [1.54, 1.807) is 12.1 Å². The first-order chi connectivity index (χ1) is 7.61. The number of rotatable bonds is 2. The van der Waals surface area contributed by atoms with E-state index in [9.17, 15) is 4.79 Å². The molecule has 2 rings (SSSR count). The van der Waals surface area contributed by atoms with Crippen molar-refractivity contribution in [3.8, 4) is 0 Å². The molecule has 16 heavy (non-hydrogen) atoms. The summed E-state index contributed by atoms with van der Waals surface area (Å²) in [6.45, 7) is 0. The maximum absolute atomic E-state index is 12.2. The van der Waals surface area contributed by atoms with Gasteiger partial charge < -0.3 is 0 Å². The fourth-order valence-electron chi connectivity index (χ4n) is 1.27. The lowest BCUT2D eigenvalue weighted by molar-refractivity contribution is 0.103. The second-order valence-electron chi connectivity index (χ2n) is 3.06. The van der Waals surface area contributed by atoms with E-state index >= 15 is 0 Å². The highest BCUT2D eigenvalue weighted by molar-refractivity contribution is 9.11. The Balaban J connectivity index is 2.50. The molecule has 0 aliphatic rings. The van der Waals surface area contributed by atoms with Crippen molar-refractivity contribution < 1.29 is 4.79 Å². The third kappa shape index (κ3) is 2.25. The molecule has 82 valence electrons. The molecule has 1 aromatic heterocycles. The van der Waals surface area contributed by atoms with Crippen LogP contribution in [0.1, 0.15) is 15.9 Å². The smallest absolute Gasteiger partial charge is 0.196 e. The predicted octanol–water partition coefficient (Wildman–Crippen LogP) is 5.16. The standard InChI is InChI=1S/C11H5Br2ClOS/c12-8-3-1-2-6(10(8)14)11(15)7-4-16-5-9(7)13/h1-5H. The molecular weight excluding hydrogens is 375 g/mol. The number of thiophene rings is 1. The molecule has 0 amide bonds. The van der Waals surface area contributed by atoms with E-state index in [1.165, 1.54) is 11.3 Å². The van der Waals surface area contributed by atoms with Crippen molar-refractivity contribution in [2.24, 2.45) is 0 Å². The summed E-state index contributed by atoms with van der Waals surface area (Å²) < 4.78 is 1.53. The predicted molar refractivity (Wildman–Crippen MR) is 74.6 cm³/mol. The zero-order chi connectivity index (χ0) is 11.7. The Kier molecular flexibility index (Phi) is 3.85. The molecule has 0 aliphatic carbocycles. The molecule has 0 saturated carbocycles. The molecular formula is C11H5Br2ClOS. The molecule has 1 heterocycles. The Bertz CT molecular complexity index is 551. The normalized spacial score (nSPS) is 10.4. The number of carbonyl (C=O) groups is 1. The summed E-state index contributed by atoms with van der Waals surface area (Å²) in [6, 6.07) is 5.32. The van der Waals surface area contributed by atoms with E-state index in [0.29, 0.717) is 16.1 Å². The molecule has 0 fully saturated rings. The van der Waals surface area contributed by atoms with E-state index in [4.69, 9.17) is 11.6 Å². The molecule has 0 radical (unpaired) electrons. The zero-order valence-electron chi connectivity index (χ0n) is 7.84. The van der Waals surface area contributed by atoms with Gasteiger partial charge in [-0.15, -0.1) is 0 Å². The summed E-state index contributed by atoms with van der Waals surface area (Å²) in [7, 11) is 0. The number of benzene rings is 1. The van der Waals surface area contributed by atoms with Crippen molar-refractivity contribution in [2.75, 3.05) is 0 Å². The summed E-state index contributed by atoms with van der Waals surface area (Å²) in [5.74, 6) is -0.0700. The Labute approximate surface area is 119 Å². The number of hydrogen-bond acceptors (Lipinski definition) is 2. The van der Waals surface area contributed by atoms with Gasteiger partial charge in [-0.25, -0.2) is 0 Å². The molecule has 0 spiro atoms. The highest BCUT2D eigenvalue weighted by Crippen LogP contribution is 2.30. The van der Waals surface area contributed by atoms with Crippen LogP contribution in [0.5, 0.6) is 0 Å². The van der Waals surface area contributed by atoms with Gasteiger partial charge in [0.2, 0.25) is 0 Å². The first kappa shape index (κ1) is 12.3. The molecule has 5 heteroatoms. The van der Waals surface area contributed by atoms with Crippen LogP contribution in [0.3, 0.4) is 0 Å². The van der Waals surface area contributed by atoms with Crippen molar-refractivity contribution in [1.82, 2.24) is 0 Å². The Hall–Kier alpha value is -0.160. The summed E-state index contributed by atoms with van der Waals surface area (Å²) in [4.78, 5) is 12.2. The third-order valence-electron chi connectivity index (χ3n) is 2.06. The van der Waals surface area contributed by atoms with Gasteiger partial charge in [0.25, 0.3) is 0 Å². The second-order valence-corrected chi connectivity index (χ2v) is 5.89. The highest BCUT2D eigenvalue weighted by Gasteiger charge is 2.17. The summed E-state index contributed by atoms with van der Waals surface area (Å²) in [6.07, 6.45) is 0. The molecule has 2 aromatic rings. The maximum atomic E-state index is 12.2. The topological polar surface area (TPSA) is 17.1 Å². The molecule has 0 bridgehead atoms. The number of hydrogen-bond donors (Lipinski definition) is 0. The van der Waals surface area contributed by atoms with Crippen LogP contribution in [0.2, 0.25) is 5.02 Å². The van der Waals surface area contributed by atoms with E-state index in [0.717, 1.165) is 8.95 Å². The fraction of sp³-hybridized carbons (Fsp3) is 0. The Morgan fingerprint density at radius 3 is 2.50 bits per heavy atom. The van der Waals surface area contributed by atoms with Crippen LogP contribution in [0, 0.1) is 0 Å². The van der Waals surface area contributed by atoms with E-state index in [-0.39, 0.29) is 5.78 Å². The molecule has 1 nitrogen and oxygen atoms in total. The van der Waals surface area contributed by atoms with Gasteiger partial charge in [0.15, 0.2) is 5.78 Å². The second kappa shape index (κ2) is 5.00. The number of ketones is 1. The highest BCUT2D eigenvalue weighted by atomic mass is 79.9. The molecule has 1 aromatic carbocycles. The first-order valence-corrected chi connectivity index (χ1v) is 7.22. The van der Waals surface area contributed by atoms with Crippen LogP contribution in [0.15, 0.2) is 37.9 Å². The number of carbonyl (C=O) groups excluding carboxylic acids is 1.